The fraction of sp³-hybridized carbons (Fsp3) is 0.636. The van der Waals surface area contributed by atoms with Crippen molar-refractivity contribution in [2.24, 2.45) is 0 Å². The number of carbonyl (C=O) groups excluding carboxylic acids is 1. The average molecular weight is 220 g/mol. The molecule has 5 nitrogen and oxygen atoms in total. The molecule has 5 heteroatoms. The molecule has 0 atom stereocenters. The third-order valence-corrected chi connectivity index (χ3v) is 3.39. The Bertz CT molecular complexity index is 437. The van der Waals surface area contributed by atoms with Gasteiger partial charge in [0, 0.05) is 45.2 Å². The number of nitrogens with one attached hydrogen (secondary N) is 1. The summed E-state index contributed by atoms with van der Waals surface area (Å²) >= 11 is 0. The minimum absolute atomic E-state index is 0.120. The van der Waals surface area contributed by atoms with Crippen LogP contribution in [0.25, 0.3) is 0 Å². The zero-order valence-corrected chi connectivity index (χ0v) is 9.49. The molecule has 0 saturated heterocycles. The molecule has 0 spiro atoms. The van der Waals surface area contributed by atoms with Crippen LogP contribution in [-0.4, -0.2) is 40.7 Å². The van der Waals surface area contributed by atoms with E-state index in [1.165, 1.54) is 0 Å². The number of hydrogen-bond donors (Lipinski definition) is 1. The summed E-state index contributed by atoms with van der Waals surface area (Å²) in [7, 11) is 1.87. The molecular formula is C11H16N4O. The van der Waals surface area contributed by atoms with Crippen LogP contribution in [0, 0.1) is 0 Å². The molecule has 0 aliphatic carbocycles. The number of rotatable bonds is 0. The Morgan fingerprint density at radius 3 is 3.12 bits per heavy atom. The summed E-state index contributed by atoms with van der Waals surface area (Å²) in [6.07, 6.45) is 1.93. The summed E-state index contributed by atoms with van der Waals surface area (Å²) in [6, 6.07) is 0. The first-order valence-corrected chi connectivity index (χ1v) is 5.82. The quantitative estimate of drug-likeness (QED) is 0.670. The van der Waals surface area contributed by atoms with Crippen LogP contribution in [-0.2, 0) is 19.5 Å². The van der Waals surface area contributed by atoms with Gasteiger partial charge in [-0.25, -0.2) is 0 Å². The first kappa shape index (κ1) is 9.84. The lowest BCUT2D eigenvalue weighted by molar-refractivity contribution is 0.0795. The number of carbonyl (C=O) groups is 1. The van der Waals surface area contributed by atoms with Gasteiger partial charge in [0.15, 0.2) is 0 Å². The molecular weight excluding hydrogens is 204 g/mol. The van der Waals surface area contributed by atoms with E-state index in [9.17, 15) is 4.79 Å². The van der Waals surface area contributed by atoms with Crippen LogP contribution >= 0.6 is 0 Å². The van der Waals surface area contributed by atoms with Gasteiger partial charge in [-0.1, -0.05) is 0 Å². The number of fused-ring (bicyclic) bond motifs is 3. The van der Waals surface area contributed by atoms with Gasteiger partial charge in [-0.05, 0) is 6.42 Å². The molecule has 3 rings (SSSR count). The fourth-order valence-corrected chi connectivity index (χ4v) is 2.50. The van der Waals surface area contributed by atoms with Gasteiger partial charge in [0.1, 0.15) is 5.69 Å². The highest BCUT2D eigenvalue weighted by Gasteiger charge is 2.28. The van der Waals surface area contributed by atoms with E-state index in [0.717, 1.165) is 56.0 Å². The number of nitrogens with zero attached hydrogens (tertiary/aromatic N) is 3. The SMILES string of the molecule is CN1CCCn2nc3c(c2C1=O)CNCC3. The normalized spacial score (nSPS) is 20.3. The van der Waals surface area contributed by atoms with Gasteiger partial charge < -0.3 is 10.2 Å². The smallest absolute Gasteiger partial charge is 0.272 e. The van der Waals surface area contributed by atoms with Gasteiger partial charge >= 0.3 is 0 Å². The molecule has 1 N–H and O–H groups in total. The molecule has 0 bridgehead atoms. The third kappa shape index (κ3) is 1.35. The largest absolute Gasteiger partial charge is 0.340 e. The van der Waals surface area contributed by atoms with Crippen molar-refractivity contribution >= 4 is 5.91 Å². The van der Waals surface area contributed by atoms with Crippen LogP contribution < -0.4 is 5.32 Å². The molecule has 3 heterocycles. The predicted octanol–water partition coefficient (Wildman–Crippen LogP) is 0.00450. The Balaban J connectivity index is 2.12. The molecule has 86 valence electrons. The molecule has 0 aromatic carbocycles. The fourth-order valence-electron chi connectivity index (χ4n) is 2.50. The maximum atomic E-state index is 12.2. The van der Waals surface area contributed by atoms with Gasteiger partial charge in [0.25, 0.3) is 5.91 Å². The van der Waals surface area contributed by atoms with Crippen LogP contribution in [0.1, 0.15) is 28.2 Å². The molecule has 2 aliphatic heterocycles. The Hall–Kier alpha value is -1.36. The summed E-state index contributed by atoms with van der Waals surface area (Å²) < 4.78 is 1.91. The summed E-state index contributed by atoms with van der Waals surface area (Å²) in [5, 5.41) is 7.87. The summed E-state index contributed by atoms with van der Waals surface area (Å²) in [5.74, 6) is 0.120. The van der Waals surface area contributed by atoms with E-state index >= 15 is 0 Å². The van der Waals surface area contributed by atoms with Gasteiger partial charge in [-0.15, -0.1) is 0 Å². The molecule has 0 unspecified atom stereocenters. The monoisotopic (exact) mass is 220 g/mol. The Morgan fingerprint density at radius 2 is 2.25 bits per heavy atom. The molecule has 1 aromatic heterocycles. The van der Waals surface area contributed by atoms with Crippen molar-refractivity contribution in [3.63, 3.8) is 0 Å². The third-order valence-electron chi connectivity index (χ3n) is 3.39. The van der Waals surface area contributed by atoms with Crippen molar-refractivity contribution in [2.45, 2.75) is 25.9 Å². The van der Waals surface area contributed by atoms with E-state index in [4.69, 9.17) is 0 Å². The lowest BCUT2D eigenvalue weighted by Crippen LogP contribution is -2.30. The van der Waals surface area contributed by atoms with Crippen molar-refractivity contribution in [2.75, 3.05) is 20.1 Å². The van der Waals surface area contributed by atoms with Crippen molar-refractivity contribution in [3.8, 4) is 0 Å². The minimum Gasteiger partial charge on any atom is -0.340 e. The van der Waals surface area contributed by atoms with Gasteiger partial charge in [0.05, 0.1) is 5.69 Å². The van der Waals surface area contributed by atoms with Crippen LogP contribution in [0.3, 0.4) is 0 Å². The highest BCUT2D eigenvalue weighted by molar-refractivity contribution is 5.94. The van der Waals surface area contributed by atoms with E-state index in [1.807, 2.05) is 11.7 Å². The lowest BCUT2D eigenvalue weighted by Gasteiger charge is -2.16. The lowest BCUT2D eigenvalue weighted by atomic mass is 10.1. The van der Waals surface area contributed by atoms with E-state index < -0.39 is 0 Å². The van der Waals surface area contributed by atoms with Crippen molar-refractivity contribution < 1.29 is 4.79 Å². The second-order valence-electron chi connectivity index (χ2n) is 4.50. The summed E-state index contributed by atoms with van der Waals surface area (Å²) in [5.41, 5.74) is 3.03. The number of aryl methyl sites for hydroxylation is 1. The molecule has 1 amide bonds. The minimum atomic E-state index is 0.120. The Morgan fingerprint density at radius 1 is 1.38 bits per heavy atom. The number of aromatic nitrogens is 2. The van der Waals surface area contributed by atoms with Gasteiger partial charge in [-0.3, -0.25) is 9.48 Å². The van der Waals surface area contributed by atoms with E-state index in [0.29, 0.717) is 0 Å². The predicted molar refractivity (Wildman–Crippen MR) is 59.2 cm³/mol. The zero-order chi connectivity index (χ0) is 11.1. The van der Waals surface area contributed by atoms with Crippen molar-refractivity contribution in [1.29, 1.82) is 0 Å². The number of hydrogen-bond acceptors (Lipinski definition) is 3. The molecule has 0 fully saturated rings. The van der Waals surface area contributed by atoms with Crippen LogP contribution in [0.5, 0.6) is 0 Å². The zero-order valence-electron chi connectivity index (χ0n) is 9.49. The topological polar surface area (TPSA) is 50.2 Å². The Kier molecular flexibility index (Phi) is 2.21. The maximum absolute atomic E-state index is 12.2. The van der Waals surface area contributed by atoms with Crippen LogP contribution in [0.2, 0.25) is 0 Å². The van der Waals surface area contributed by atoms with Gasteiger partial charge in [-0.2, -0.15) is 5.10 Å². The average Bonchev–Trinajstić information content (AvgIpc) is 2.59. The first-order valence-electron chi connectivity index (χ1n) is 5.82. The highest BCUT2D eigenvalue weighted by atomic mass is 16.2. The second-order valence-corrected chi connectivity index (χ2v) is 4.50. The van der Waals surface area contributed by atoms with Crippen molar-refractivity contribution in [3.05, 3.63) is 17.0 Å². The highest BCUT2D eigenvalue weighted by Crippen LogP contribution is 2.21. The van der Waals surface area contributed by atoms with E-state index in [2.05, 4.69) is 10.4 Å². The van der Waals surface area contributed by atoms with Crippen LogP contribution in [0.15, 0.2) is 0 Å². The molecule has 1 aromatic rings. The Labute approximate surface area is 94.4 Å². The van der Waals surface area contributed by atoms with Crippen molar-refractivity contribution in [1.82, 2.24) is 20.0 Å². The van der Waals surface area contributed by atoms with Gasteiger partial charge in [0.2, 0.25) is 0 Å². The van der Waals surface area contributed by atoms with Crippen LogP contribution in [0.4, 0.5) is 0 Å². The molecule has 0 radical (unpaired) electrons. The molecule has 2 aliphatic rings. The van der Waals surface area contributed by atoms with E-state index in [-0.39, 0.29) is 5.91 Å². The van der Waals surface area contributed by atoms with E-state index in [1.54, 1.807) is 4.90 Å². The molecule has 0 saturated carbocycles. The second kappa shape index (κ2) is 3.59. The first-order chi connectivity index (χ1) is 7.77. The summed E-state index contributed by atoms with van der Waals surface area (Å²) in [4.78, 5) is 14.0. The standard InChI is InChI=1S/C11H16N4O/c1-14-5-2-6-15-10(11(14)16)8-7-12-4-3-9(8)13-15/h12H,2-7H2,1H3. The molecule has 16 heavy (non-hydrogen) atoms. The number of amides is 1. The maximum Gasteiger partial charge on any atom is 0.272 e. The summed E-state index contributed by atoms with van der Waals surface area (Å²) in [6.45, 7) is 3.43.